The van der Waals surface area contributed by atoms with E-state index in [9.17, 15) is 24.3 Å². The molecule has 6 rings (SSSR count). The molecule has 4 unspecified atom stereocenters. The number of rotatable bonds is 6. The largest absolute Gasteiger partial charge is 0.481 e. The minimum absolute atomic E-state index is 0.0584. The minimum Gasteiger partial charge on any atom is -0.481 e. The standard InChI is InChI=1S/C21H30N2O4.C17H21NO4/c1-20(2,3)27-18(24)22-21-12-8-7-11-17(21)13-23(15-21)19(25)26-14-16-9-5-4-6-10-16;19-15(20)17-9-5-4-8-14(17)10-18(12-17)16(21)22-11-13-6-2-1-3-7-13/h4-6,9-10,17H,7-8,11-15H2,1-3H3,(H,22,24);1-3,6-7,14H,4-5,8-12H2,(H,19,20). The van der Waals surface area contributed by atoms with Crippen molar-refractivity contribution in [1.82, 2.24) is 15.1 Å². The van der Waals surface area contributed by atoms with E-state index < -0.39 is 34.7 Å². The molecule has 0 radical (unpaired) electrons. The summed E-state index contributed by atoms with van der Waals surface area (Å²) in [7, 11) is 0. The minimum atomic E-state index is -0.768. The number of nitrogens with one attached hydrogen (secondary N) is 1. The second kappa shape index (κ2) is 15.5. The Morgan fingerprint density at radius 3 is 1.80 bits per heavy atom. The molecule has 2 aromatic rings. The first-order valence-corrected chi connectivity index (χ1v) is 17.5. The number of hydrogen-bond acceptors (Lipinski definition) is 7. The van der Waals surface area contributed by atoms with E-state index in [0.717, 1.165) is 56.1 Å². The Morgan fingerprint density at radius 2 is 1.27 bits per heavy atom. The number of carbonyl (C=O) groups excluding carboxylic acids is 3. The zero-order chi connectivity index (χ0) is 35.1. The first-order chi connectivity index (χ1) is 23.4. The number of alkyl carbamates (subject to hydrolysis) is 1. The van der Waals surface area contributed by atoms with Crippen LogP contribution in [0.2, 0.25) is 0 Å². The second-order valence-electron chi connectivity index (χ2n) is 15.0. The average Bonchev–Trinajstić information content (AvgIpc) is 3.67. The summed E-state index contributed by atoms with van der Waals surface area (Å²) in [5, 5.41) is 12.7. The Morgan fingerprint density at radius 1 is 0.755 bits per heavy atom. The van der Waals surface area contributed by atoms with Crippen LogP contribution in [0.3, 0.4) is 0 Å². The summed E-state index contributed by atoms with van der Waals surface area (Å²) in [6.07, 6.45) is 6.41. The molecule has 2 heterocycles. The molecule has 11 nitrogen and oxygen atoms in total. The lowest BCUT2D eigenvalue weighted by molar-refractivity contribution is -0.152. The molecule has 4 fully saturated rings. The highest BCUT2D eigenvalue weighted by molar-refractivity contribution is 5.78. The predicted octanol–water partition coefficient (Wildman–Crippen LogP) is 6.99. The summed E-state index contributed by atoms with van der Waals surface area (Å²) in [4.78, 5) is 52.2. The third-order valence-corrected chi connectivity index (χ3v) is 10.3. The molecule has 2 saturated heterocycles. The summed E-state index contributed by atoms with van der Waals surface area (Å²) in [5.41, 5.74) is 0.179. The van der Waals surface area contributed by atoms with Crippen molar-refractivity contribution < 1.29 is 38.5 Å². The van der Waals surface area contributed by atoms with Crippen LogP contribution in [0.4, 0.5) is 14.4 Å². The first kappa shape index (κ1) is 36.0. The molecule has 2 aliphatic heterocycles. The summed E-state index contributed by atoms with van der Waals surface area (Å²) in [6.45, 7) is 7.91. The molecule has 2 aromatic carbocycles. The van der Waals surface area contributed by atoms with E-state index >= 15 is 0 Å². The van der Waals surface area contributed by atoms with Gasteiger partial charge in [-0.3, -0.25) is 4.79 Å². The number of likely N-dealkylation sites (tertiary alicyclic amines) is 2. The van der Waals surface area contributed by atoms with Gasteiger partial charge < -0.3 is 34.4 Å². The van der Waals surface area contributed by atoms with Crippen LogP contribution in [-0.4, -0.2) is 76.5 Å². The zero-order valence-electron chi connectivity index (χ0n) is 29.0. The highest BCUT2D eigenvalue weighted by Gasteiger charge is 2.54. The Balaban J connectivity index is 0.000000195. The molecule has 2 N–H and O–H groups in total. The number of carboxylic acids is 1. The molecule has 2 aliphatic carbocycles. The first-order valence-electron chi connectivity index (χ1n) is 17.5. The van der Waals surface area contributed by atoms with E-state index in [-0.39, 0.29) is 37.7 Å². The van der Waals surface area contributed by atoms with Crippen molar-refractivity contribution >= 4 is 24.2 Å². The van der Waals surface area contributed by atoms with Crippen LogP contribution >= 0.6 is 0 Å². The van der Waals surface area contributed by atoms with Gasteiger partial charge in [0.2, 0.25) is 0 Å². The lowest BCUT2D eigenvalue weighted by Crippen LogP contribution is -2.56. The van der Waals surface area contributed by atoms with Crippen LogP contribution in [0, 0.1) is 17.3 Å². The summed E-state index contributed by atoms with van der Waals surface area (Å²) in [5.74, 6) is -0.471. The maximum Gasteiger partial charge on any atom is 0.410 e. The fraction of sp³-hybridized carbons (Fsp3) is 0.579. The van der Waals surface area contributed by atoms with Gasteiger partial charge in [-0.1, -0.05) is 86.3 Å². The fourth-order valence-electron chi connectivity index (χ4n) is 7.87. The lowest BCUT2D eigenvalue weighted by atomic mass is 9.68. The van der Waals surface area contributed by atoms with E-state index in [2.05, 4.69) is 5.32 Å². The van der Waals surface area contributed by atoms with Gasteiger partial charge in [0.25, 0.3) is 0 Å². The molecule has 3 amide bonds. The highest BCUT2D eigenvalue weighted by Crippen LogP contribution is 2.47. The van der Waals surface area contributed by atoms with E-state index in [1.165, 1.54) is 0 Å². The number of carboxylic acid groups (broad SMARTS) is 1. The van der Waals surface area contributed by atoms with Crippen LogP contribution < -0.4 is 5.32 Å². The van der Waals surface area contributed by atoms with E-state index in [0.29, 0.717) is 26.1 Å². The Bertz CT molecular complexity index is 1450. The van der Waals surface area contributed by atoms with Gasteiger partial charge in [-0.05, 0) is 63.5 Å². The van der Waals surface area contributed by atoms with Gasteiger partial charge in [0.15, 0.2) is 0 Å². The van der Waals surface area contributed by atoms with Crippen LogP contribution in [0.25, 0.3) is 0 Å². The number of ether oxygens (including phenoxy) is 3. The number of nitrogens with zero attached hydrogens (tertiary/aromatic N) is 2. The zero-order valence-corrected chi connectivity index (χ0v) is 29.0. The van der Waals surface area contributed by atoms with Gasteiger partial charge >= 0.3 is 24.2 Å². The lowest BCUT2D eigenvalue weighted by Gasteiger charge is -2.39. The number of carbonyl (C=O) groups is 4. The number of fused-ring (bicyclic) bond motifs is 2. The van der Waals surface area contributed by atoms with Gasteiger partial charge in [-0.2, -0.15) is 0 Å². The number of aliphatic carboxylic acids is 1. The van der Waals surface area contributed by atoms with E-state index in [1.807, 2.05) is 81.4 Å². The van der Waals surface area contributed by atoms with Gasteiger partial charge in [0.1, 0.15) is 18.8 Å². The van der Waals surface area contributed by atoms with Crippen LogP contribution in [-0.2, 0) is 32.2 Å². The number of benzene rings is 2. The van der Waals surface area contributed by atoms with Crippen molar-refractivity contribution in [3.63, 3.8) is 0 Å². The molecular weight excluding hydrogens is 626 g/mol. The summed E-state index contributed by atoms with van der Waals surface area (Å²) in [6, 6.07) is 19.1. The molecule has 49 heavy (non-hydrogen) atoms. The van der Waals surface area contributed by atoms with Gasteiger partial charge in [-0.15, -0.1) is 0 Å². The van der Waals surface area contributed by atoms with Crippen molar-refractivity contribution in [3.05, 3.63) is 71.8 Å². The monoisotopic (exact) mass is 677 g/mol. The fourth-order valence-corrected chi connectivity index (χ4v) is 7.87. The third-order valence-electron chi connectivity index (χ3n) is 10.3. The van der Waals surface area contributed by atoms with E-state index in [1.54, 1.807) is 9.80 Å². The highest BCUT2D eigenvalue weighted by atomic mass is 16.6. The summed E-state index contributed by atoms with van der Waals surface area (Å²) >= 11 is 0. The van der Waals surface area contributed by atoms with Crippen LogP contribution in [0.5, 0.6) is 0 Å². The second-order valence-corrected chi connectivity index (χ2v) is 15.0. The molecule has 266 valence electrons. The van der Waals surface area contributed by atoms with Crippen molar-refractivity contribution in [2.45, 2.75) is 96.5 Å². The van der Waals surface area contributed by atoms with Gasteiger partial charge in [0.05, 0.1) is 11.0 Å². The normalized spacial score (nSPS) is 25.9. The topological polar surface area (TPSA) is 135 Å². The smallest absolute Gasteiger partial charge is 0.410 e. The molecule has 4 atom stereocenters. The quantitative estimate of drug-likeness (QED) is 0.313. The van der Waals surface area contributed by atoms with E-state index in [4.69, 9.17) is 14.2 Å². The molecule has 2 saturated carbocycles. The predicted molar refractivity (Wildman–Crippen MR) is 182 cm³/mol. The Labute approximate surface area is 289 Å². The maximum atomic E-state index is 12.6. The summed E-state index contributed by atoms with van der Waals surface area (Å²) < 4.78 is 16.3. The Hall–Kier alpha value is -4.28. The van der Waals surface area contributed by atoms with Crippen molar-refractivity contribution in [1.29, 1.82) is 0 Å². The SMILES string of the molecule is CC(C)(C)OC(=O)NC12CCCCC1CN(C(=O)OCc1ccccc1)C2.O=C(OCc1ccccc1)N1CC2CCCCC2(C(=O)O)C1. The molecule has 0 spiro atoms. The Kier molecular flexibility index (Phi) is 11.4. The third kappa shape index (κ3) is 9.05. The van der Waals surface area contributed by atoms with Gasteiger partial charge in [0, 0.05) is 32.1 Å². The van der Waals surface area contributed by atoms with Crippen LogP contribution in [0.1, 0.15) is 83.3 Å². The van der Waals surface area contributed by atoms with Gasteiger partial charge in [-0.25, -0.2) is 14.4 Å². The van der Waals surface area contributed by atoms with Crippen molar-refractivity contribution in [3.8, 4) is 0 Å². The average molecular weight is 678 g/mol. The maximum absolute atomic E-state index is 12.6. The van der Waals surface area contributed by atoms with Crippen molar-refractivity contribution in [2.24, 2.45) is 17.3 Å². The van der Waals surface area contributed by atoms with Crippen LogP contribution in [0.15, 0.2) is 60.7 Å². The van der Waals surface area contributed by atoms with Crippen molar-refractivity contribution in [2.75, 3.05) is 26.2 Å². The molecule has 11 heteroatoms. The molecule has 0 bridgehead atoms. The molecular formula is C38H51N3O8. The number of amides is 3. The molecule has 4 aliphatic rings. The molecule has 0 aromatic heterocycles. The number of hydrogen-bond donors (Lipinski definition) is 2.